The normalized spacial score (nSPS) is 14.5. The number of carbonyl (C=O) groups is 1. The molecule has 0 atom stereocenters. The van der Waals surface area contributed by atoms with Gasteiger partial charge in [0.2, 0.25) is 0 Å². The van der Waals surface area contributed by atoms with Crippen molar-refractivity contribution in [3.05, 3.63) is 59.3 Å². The Bertz CT molecular complexity index is 1160. The number of anilines is 3. The first-order chi connectivity index (χ1) is 14.6. The average molecular weight is 420 g/mol. The molecule has 2 aromatic carbocycles. The fraction of sp³-hybridized carbons (Fsp3) is 0.227. The monoisotopic (exact) mass is 419 g/mol. The van der Waals surface area contributed by atoms with Gasteiger partial charge in [0.05, 0.1) is 23.6 Å². The second-order valence-corrected chi connectivity index (χ2v) is 8.46. The van der Waals surface area contributed by atoms with Crippen molar-refractivity contribution in [1.29, 1.82) is 0 Å². The van der Waals surface area contributed by atoms with Gasteiger partial charge in [-0.25, -0.2) is 4.79 Å². The predicted octanol–water partition coefficient (Wildman–Crippen LogP) is 4.65. The molecule has 1 aromatic heterocycles. The molecule has 0 radical (unpaired) electrons. The Morgan fingerprint density at radius 2 is 2.03 bits per heavy atom. The zero-order valence-electron chi connectivity index (χ0n) is 16.5. The van der Waals surface area contributed by atoms with Crippen molar-refractivity contribution in [3.8, 4) is 0 Å². The van der Waals surface area contributed by atoms with Crippen LogP contribution in [-0.4, -0.2) is 23.9 Å². The minimum atomic E-state index is -0.727. The maximum atomic E-state index is 11.8. The van der Waals surface area contributed by atoms with E-state index in [2.05, 4.69) is 45.5 Å². The summed E-state index contributed by atoms with van der Waals surface area (Å²) >= 11 is 1.80. The zero-order valence-corrected chi connectivity index (χ0v) is 17.4. The van der Waals surface area contributed by atoms with Crippen LogP contribution in [0.1, 0.15) is 23.2 Å². The molecule has 2 amide bonds. The number of carbonyl (C=O) groups excluding carboxylic acids is 1. The molecule has 0 saturated carbocycles. The number of rotatable bonds is 4. The number of benzene rings is 2. The fourth-order valence-electron chi connectivity index (χ4n) is 3.96. The SMILES string of the molecule is Cc1cc(N(N=CCN2c3ccccc3Sc3cc4c(cc32)CCC4)C(N)=O)on1. The first kappa shape index (κ1) is 18.7. The van der Waals surface area contributed by atoms with E-state index < -0.39 is 6.03 Å². The molecule has 7 nitrogen and oxygen atoms in total. The van der Waals surface area contributed by atoms with E-state index in [0.29, 0.717) is 12.2 Å². The first-order valence-corrected chi connectivity index (χ1v) is 10.7. The second kappa shape index (κ2) is 7.53. The standard InChI is InChI=1S/C22H21N5O2S/c1-14-11-21(29-25-14)27(22(23)28)24-9-10-26-17-7-2-3-8-19(17)30-20-13-16-6-4-5-15(16)12-18(20)26/h2-3,7-9,11-13H,4-6,10H2,1H3,(H2,23,28). The molecule has 0 saturated heterocycles. The second-order valence-electron chi connectivity index (χ2n) is 7.38. The first-order valence-electron chi connectivity index (χ1n) is 9.85. The van der Waals surface area contributed by atoms with Crippen LogP contribution in [0.25, 0.3) is 0 Å². The molecule has 0 bridgehead atoms. The van der Waals surface area contributed by atoms with Gasteiger partial charge in [0.25, 0.3) is 5.88 Å². The molecule has 8 heteroatoms. The fourth-order valence-corrected chi connectivity index (χ4v) is 5.11. The number of nitrogens with two attached hydrogens (primary N) is 1. The number of primary amides is 1. The highest BCUT2D eigenvalue weighted by Crippen LogP contribution is 2.49. The van der Waals surface area contributed by atoms with E-state index >= 15 is 0 Å². The Hall–Kier alpha value is -3.26. The number of aryl methyl sites for hydroxylation is 3. The molecular formula is C22H21N5O2S. The lowest BCUT2D eigenvalue weighted by Crippen LogP contribution is -2.32. The van der Waals surface area contributed by atoms with Crippen LogP contribution in [-0.2, 0) is 12.8 Å². The van der Waals surface area contributed by atoms with Crippen molar-refractivity contribution in [1.82, 2.24) is 5.16 Å². The lowest BCUT2D eigenvalue weighted by Gasteiger charge is -2.32. The Labute approximate surface area is 178 Å². The van der Waals surface area contributed by atoms with Crippen molar-refractivity contribution in [2.45, 2.75) is 36.0 Å². The average Bonchev–Trinajstić information content (AvgIpc) is 3.37. The van der Waals surface area contributed by atoms with E-state index in [9.17, 15) is 4.79 Å². The molecule has 1 aliphatic carbocycles. The topological polar surface area (TPSA) is 88.0 Å². The summed E-state index contributed by atoms with van der Waals surface area (Å²) in [7, 11) is 0. The zero-order chi connectivity index (χ0) is 20.7. The van der Waals surface area contributed by atoms with E-state index in [0.717, 1.165) is 23.5 Å². The molecule has 152 valence electrons. The molecule has 2 N–H and O–H groups in total. The number of hydrogen-bond acceptors (Lipinski definition) is 6. The highest BCUT2D eigenvalue weighted by atomic mass is 32.2. The van der Waals surface area contributed by atoms with Gasteiger partial charge in [-0.15, -0.1) is 5.01 Å². The van der Waals surface area contributed by atoms with Crippen molar-refractivity contribution in [2.24, 2.45) is 10.8 Å². The van der Waals surface area contributed by atoms with Gasteiger partial charge in [-0.05, 0) is 61.6 Å². The smallest absolute Gasteiger partial charge is 0.342 e. The number of urea groups is 1. The van der Waals surface area contributed by atoms with Gasteiger partial charge in [-0.2, -0.15) is 5.10 Å². The van der Waals surface area contributed by atoms with Gasteiger partial charge in [0.1, 0.15) is 0 Å². The minimum Gasteiger partial charge on any atom is -0.350 e. The minimum absolute atomic E-state index is 0.198. The van der Waals surface area contributed by atoms with Gasteiger partial charge in [0.15, 0.2) is 0 Å². The van der Waals surface area contributed by atoms with Crippen molar-refractivity contribution in [3.63, 3.8) is 0 Å². The summed E-state index contributed by atoms with van der Waals surface area (Å²) in [5.74, 6) is 0.198. The van der Waals surface area contributed by atoms with Gasteiger partial charge in [-0.3, -0.25) is 0 Å². The van der Waals surface area contributed by atoms with E-state index in [1.165, 1.54) is 33.0 Å². The summed E-state index contributed by atoms with van der Waals surface area (Å²) in [5, 5.41) is 9.09. The van der Waals surface area contributed by atoms with Crippen LogP contribution in [0.3, 0.4) is 0 Å². The maximum absolute atomic E-state index is 11.8. The molecular weight excluding hydrogens is 398 g/mol. The molecule has 0 spiro atoms. The lowest BCUT2D eigenvalue weighted by molar-refractivity contribution is 0.252. The van der Waals surface area contributed by atoms with Gasteiger partial charge >= 0.3 is 6.03 Å². The van der Waals surface area contributed by atoms with Crippen LogP contribution in [0.5, 0.6) is 0 Å². The van der Waals surface area contributed by atoms with E-state index in [-0.39, 0.29) is 5.88 Å². The van der Waals surface area contributed by atoms with Crippen molar-refractivity contribution >= 4 is 41.3 Å². The van der Waals surface area contributed by atoms with Crippen molar-refractivity contribution < 1.29 is 9.32 Å². The summed E-state index contributed by atoms with van der Waals surface area (Å²) in [6, 6.07) is 13.9. The molecule has 0 unspecified atom stereocenters. The summed E-state index contributed by atoms with van der Waals surface area (Å²) in [5.41, 5.74) is 11.3. The van der Waals surface area contributed by atoms with Crippen LogP contribution < -0.4 is 15.6 Å². The number of hydrazone groups is 1. The number of para-hydroxylation sites is 1. The summed E-state index contributed by atoms with van der Waals surface area (Å²) in [4.78, 5) is 16.5. The quantitative estimate of drug-likeness (QED) is 0.491. The van der Waals surface area contributed by atoms with Gasteiger partial charge < -0.3 is 15.2 Å². The summed E-state index contributed by atoms with van der Waals surface area (Å²) in [6.45, 7) is 2.26. The van der Waals surface area contributed by atoms with Crippen LogP contribution >= 0.6 is 11.8 Å². The highest BCUT2D eigenvalue weighted by Gasteiger charge is 2.25. The summed E-state index contributed by atoms with van der Waals surface area (Å²) in [6.07, 6.45) is 5.15. The molecule has 2 aliphatic rings. The molecule has 0 fully saturated rings. The molecule has 3 aromatic rings. The third-order valence-electron chi connectivity index (χ3n) is 5.33. The lowest BCUT2D eigenvalue weighted by atomic mass is 10.1. The number of hydrogen-bond donors (Lipinski definition) is 1. The largest absolute Gasteiger partial charge is 0.350 e. The maximum Gasteiger partial charge on any atom is 0.342 e. The summed E-state index contributed by atoms with van der Waals surface area (Å²) < 4.78 is 5.14. The number of nitrogens with zero attached hydrogens (tertiary/aromatic N) is 4. The number of amides is 2. The molecule has 30 heavy (non-hydrogen) atoms. The van der Waals surface area contributed by atoms with Gasteiger partial charge in [0, 0.05) is 22.1 Å². The molecule has 5 rings (SSSR count). The predicted molar refractivity (Wildman–Crippen MR) is 118 cm³/mol. The molecule has 1 aliphatic heterocycles. The van der Waals surface area contributed by atoms with Crippen LogP contribution in [0.4, 0.5) is 22.1 Å². The van der Waals surface area contributed by atoms with E-state index in [1.54, 1.807) is 31.0 Å². The van der Waals surface area contributed by atoms with E-state index in [1.807, 2.05) is 6.07 Å². The third-order valence-corrected chi connectivity index (χ3v) is 6.45. The Balaban J connectivity index is 1.48. The van der Waals surface area contributed by atoms with Crippen LogP contribution in [0.15, 0.2) is 61.9 Å². The third kappa shape index (κ3) is 3.33. The Morgan fingerprint density at radius 3 is 2.80 bits per heavy atom. The van der Waals surface area contributed by atoms with Crippen molar-refractivity contribution in [2.75, 3.05) is 16.5 Å². The van der Waals surface area contributed by atoms with E-state index in [4.69, 9.17) is 10.3 Å². The van der Waals surface area contributed by atoms with Crippen LogP contribution in [0, 0.1) is 6.92 Å². The Morgan fingerprint density at radius 1 is 1.23 bits per heavy atom. The number of fused-ring (bicyclic) bond motifs is 3. The molecule has 2 heterocycles. The van der Waals surface area contributed by atoms with Gasteiger partial charge in [-0.1, -0.05) is 29.1 Å². The Kier molecular flexibility index (Phi) is 4.71. The number of aromatic nitrogens is 1. The highest BCUT2D eigenvalue weighted by molar-refractivity contribution is 7.99. The van der Waals surface area contributed by atoms with Crippen LogP contribution in [0.2, 0.25) is 0 Å².